The fraction of sp³-hybridized carbons (Fsp3) is 0.451. The molecule has 4 aromatic rings. The van der Waals surface area contributed by atoms with Gasteiger partial charge in [0.15, 0.2) is 0 Å². The number of aromatic amines is 1. The number of nitrogens with two attached hydrogens (primary N) is 2. The summed E-state index contributed by atoms with van der Waals surface area (Å²) in [7, 11) is 2.10. The van der Waals surface area contributed by atoms with Gasteiger partial charge in [0.25, 0.3) is 0 Å². The van der Waals surface area contributed by atoms with E-state index in [1.807, 2.05) is 24.3 Å². The van der Waals surface area contributed by atoms with Crippen molar-refractivity contribution in [2.75, 3.05) is 12.3 Å². The number of phenols is 1. The molecule has 0 bridgehead atoms. The highest BCUT2D eigenvalue weighted by Crippen LogP contribution is 2.39. The first-order chi connectivity index (χ1) is 34.7. The average Bonchev–Trinajstić information content (AvgIpc) is 3.76. The first kappa shape index (κ1) is 57.3. The van der Waals surface area contributed by atoms with Gasteiger partial charge in [0.2, 0.25) is 41.4 Å². The average molecular weight is 1050 g/mol. The Hall–Kier alpha value is -6.62. The standard InChI is InChI=1S/C51H68N10O10S2/c1-28(2)41(50(70)71)60-48(68)40-27-72-73-51(4,5)42(61-43(63)29(3)53)49(69)58-38(23-30-13-7-6-8-14-30)45(65)57-39(25-32-26-54-35-16-10-9-15-34(32)35)47(67)55-36(17-11-12-22-52)44(64)56-37(46(66)59-40)24-31-18-20-33(62)21-19-31/h6-10,13-16,18-21,26,28-29,36-42,54,62H,11-12,17,22-25,27,52-53H2,1-5H3,(H,55,67)(H,56,64)(H,57,65)(H,58,69)(H,59,66)(H,60,68)(H,61,63)(H,70,71)/t29-,36-,37-,38-,39-,40-,41-,42+/m0/s1. The normalized spacial score (nSPS) is 22.4. The number of aliphatic carboxylic acids is 1. The van der Waals surface area contributed by atoms with Crippen LogP contribution in [0.2, 0.25) is 0 Å². The fourth-order valence-electron chi connectivity index (χ4n) is 8.05. The van der Waals surface area contributed by atoms with Crippen molar-refractivity contribution >= 4 is 79.8 Å². The molecule has 0 spiro atoms. The van der Waals surface area contributed by atoms with Crippen LogP contribution in [0.4, 0.5) is 0 Å². The van der Waals surface area contributed by atoms with Gasteiger partial charge in [0.1, 0.15) is 48.0 Å². The quantitative estimate of drug-likeness (QED) is 0.0562. The van der Waals surface area contributed by atoms with Crippen LogP contribution in [0.15, 0.2) is 85.1 Å². The molecule has 14 N–H and O–H groups in total. The number of hydrogen-bond donors (Lipinski definition) is 12. The maximum absolute atomic E-state index is 14.8. The molecule has 1 aromatic heterocycles. The van der Waals surface area contributed by atoms with Crippen LogP contribution in [0.1, 0.15) is 70.6 Å². The number of benzene rings is 3. The van der Waals surface area contributed by atoms with Gasteiger partial charge >= 0.3 is 5.97 Å². The van der Waals surface area contributed by atoms with Crippen molar-refractivity contribution in [2.45, 2.75) is 126 Å². The Bertz CT molecular complexity index is 2560. The molecule has 1 aliphatic rings. The van der Waals surface area contributed by atoms with E-state index in [0.717, 1.165) is 32.5 Å². The summed E-state index contributed by atoms with van der Waals surface area (Å²) in [4.78, 5) is 117. The van der Waals surface area contributed by atoms with Crippen molar-refractivity contribution < 1.29 is 48.6 Å². The van der Waals surface area contributed by atoms with Crippen molar-refractivity contribution in [3.63, 3.8) is 0 Å². The zero-order valence-electron chi connectivity index (χ0n) is 41.6. The zero-order chi connectivity index (χ0) is 53.4. The molecule has 1 aliphatic heterocycles. The lowest BCUT2D eigenvalue weighted by Gasteiger charge is -2.35. The number of aromatic nitrogens is 1. The van der Waals surface area contributed by atoms with Crippen LogP contribution in [0, 0.1) is 5.92 Å². The number of carboxylic acid groups (broad SMARTS) is 1. The number of hydrogen-bond acceptors (Lipinski definition) is 13. The molecule has 2 heterocycles. The van der Waals surface area contributed by atoms with Crippen molar-refractivity contribution in [1.29, 1.82) is 0 Å². The molecule has 20 nitrogen and oxygen atoms in total. The highest BCUT2D eigenvalue weighted by Gasteiger charge is 2.41. The van der Waals surface area contributed by atoms with Crippen LogP contribution in [0.3, 0.4) is 0 Å². The summed E-state index contributed by atoms with van der Waals surface area (Å²) in [6, 6.07) is 11.5. The Balaban J connectivity index is 1.65. The minimum atomic E-state index is -1.44. The van der Waals surface area contributed by atoms with Crippen LogP contribution < -0.4 is 48.7 Å². The fourth-order valence-corrected chi connectivity index (χ4v) is 10.9. The lowest BCUT2D eigenvalue weighted by Crippen LogP contribution is -2.63. The summed E-state index contributed by atoms with van der Waals surface area (Å²) in [5.74, 6) is -7.64. The summed E-state index contributed by atoms with van der Waals surface area (Å²) in [5.41, 5.74) is 14.4. The summed E-state index contributed by atoms with van der Waals surface area (Å²) in [6.45, 7) is 8.21. The van der Waals surface area contributed by atoms with Gasteiger partial charge in [-0.05, 0) is 87.4 Å². The number of aromatic hydroxyl groups is 1. The molecule has 1 saturated heterocycles. The van der Waals surface area contributed by atoms with Crippen molar-refractivity contribution in [3.8, 4) is 5.75 Å². The molecule has 3 aromatic carbocycles. The van der Waals surface area contributed by atoms with Gasteiger partial charge in [-0.1, -0.05) is 96.1 Å². The van der Waals surface area contributed by atoms with Gasteiger partial charge in [-0.25, -0.2) is 4.79 Å². The summed E-state index contributed by atoms with van der Waals surface area (Å²) < 4.78 is -1.26. The molecule has 8 atom stereocenters. The smallest absolute Gasteiger partial charge is 0.326 e. The largest absolute Gasteiger partial charge is 0.508 e. The maximum Gasteiger partial charge on any atom is 0.326 e. The topological polar surface area (TPSA) is 329 Å². The predicted molar refractivity (Wildman–Crippen MR) is 281 cm³/mol. The monoisotopic (exact) mass is 1040 g/mol. The number of phenolic OH excluding ortho intramolecular Hbond substituents is 1. The number of fused-ring (bicyclic) bond motifs is 1. The SMILES string of the molecule is CC(C)[C@H](NC(=O)[C@@H]1CSSC(C)(C)[C@H](NC(=O)[C@H](C)N)C(=O)N[C@@H](Cc2ccccc2)C(=O)N[C@@H](Cc2c[nH]c3ccccc23)C(=O)N[C@@H](CCCCN)C(=O)N[C@@H](Cc2ccc(O)cc2)C(=O)N1)C(=O)O. The molecule has 0 aliphatic carbocycles. The van der Waals surface area contributed by atoms with E-state index >= 15 is 0 Å². The number of H-pyrrole nitrogens is 1. The van der Waals surface area contributed by atoms with E-state index in [0.29, 0.717) is 29.5 Å². The minimum Gasteiger partial charge on any atom is -0.508 e. The van der Waals surface area contributed by atoms with Gasteiger partial charge in [-0.15, -0.1) is 0 Å². The summed E-state index contributed by atoms with van der Waals surface area (Å²) in [5, 5.41) is 40.1. The highest BCUT2D eigenvalue weighted by atomic mass is 33.1. The van der Waals surface area contributed by atoms with Crippen molar-refractivity contribution in [1.82, 2.24) is 42.2 Å². The van der Waals surface area contributed by atoms with Crippen LogP contribution in [0.5, 0.6) is 5.75 Å². The second-order valence-electron chi connectivity index (χ2n) is 19.0. The Morgan fingerprint density at radius 1 is 0.726 bits per heavy atom. The zero-order valence-corrected chi connectivity index (χ0v) is 43.2. The van der Waals surface area contributed by atoms with Crippen molar-refractivity contribution in [2.24, 2.45) is 17.4 Å². The lowest BCUT2D eigenvalue weighted by molar-refractivity contribution is -0.143. The molecule has 7 amide bonds. The number of unbranched alkanes of at least 4 members (excludes halogenated alkanes) is 1. The minimum absolute atomic E-state index is 0.0487. The van der Waals surface area contributed by atoms with E-state index in [1.165, 1.54) is 19.1 Å². The van der Waals surface area contributed by atoms with Crippen LogP contribution in [0.25, 0.3) is 10.9 Å². The summed E-state index contributed by atoms with van der Waals surface area (Å²) >= 11 is 0. The molecule has 394 valence electrons. The molecule has 73 heavy (non-hydrogen) atoms. The third-order valence-corrected chi connectivity index (χ3v) is 15.6. The van der Waals surface area contributed by atoms with Gasteiger partial charge in [-0.2, -0.15) is 0 Å². The molecule has 0 radical (unpaired) electrons. The van der Waals surface area contributed by atoms with E-state index < -0.39 is 106 Å². The number of para-hydroxylation sites is 1. The first-order valence-corrected chi connectivity index (χ1v) is 26.5. The maximum atomic E-state index is 14.8. The molecule has 22 heteroatoms. The molecule has 1 fully saturated rings. The molecule has 5 rings (SSSR count). The number of rotatable bonds is 16. The third kappa shape index (κ3) is 16.7. The first-order valence-electron chi connectivity index (χ1n) is 24.2. The summed E-state index contributed by atoms with van der Waals surface area (Å²) in [6.07, 6.45) is 2.31. The van der Waals surface area contributed by atoms with Crippen LogP contribution in [-0.4, -0.2) is 128 Å². The molecular weight excluding hydrogens is 977 g/mol. The second kappa shape index (κ2) is 26.9. The van der Waals surface area contributed by atoms with Gasteiger partial charge < -0.3 is 63.9 Å². The van der Waals surface area contributed by atoms with E-state index in [-0.39, 0.29) is 43.7 Å². The van der Waals surface area contributed by atoms with E-state index in [9.17, 15) is 48.6 Å². The Morgan fingerprint density at radius 3 is 1.88 bits per heavy atom. The number of carboxylic acids is 1. The Labute approximate surface area is 432 Å². The number of carbonyl (C=O) groups is 8. The number of nitrogens with one attached hydrogen (secondary N) is 8. The molecular formula is C51H68N10O10S2. The van der Waals surface area contributed by atoms with Crippen LogP contribution in [-0.2, 0) is 57.6 Å². The van der Waals surface area contributed by atoms with E-state index in [2.05, 4.69) is 42.2 Å². The third-order valence-electron chi connectivity index (χ3n) is 12.3. The predicted octanol–water partition coefficient (Wildman–Crippen LogP) is 1.69. The number of amides is 7. The second-order valence-corrected chi connectivity index (χ2v) is 22.0. The van der Waals surface area contributed by atoms with E-state index in [1.54, 1.807) is 76.4 Å². The van der Waals surface area contributed by atoms with Gasteiger partial charge in [0, 0.05) is 46.9 Å². The highest BCUT2D eigenvalue weighted by molar-refractivity contribution is 8.77. The Morgan fingerprint density at radius 2 is 1.27 bits per heavy atom. The van der Waals surface area contributed by atoms with Crippen molar-refractivity contribution in [3.05, 3.63) is 102 Å². The molecule has 0 saturated carbocycles. The van der Waals surface area contributed by atoms with Gasteiger partial charge in [0.05, 0.1) is 6.04 Å². The van der Waals surface area contributed by atoms with Crippen LogP contribution >= 0.6 is 21.6 Å². The Kier molecular flexibility index (Phi) is 21.1. The lowest BCUT2D eigenvalue weighted by atomic mass is 9.99. The van der Waals surface area contributed by atoms with Gasteiger partial charge in [-0.3, -0.25) is 33.6 Å². The molecule has 0 unspecified atom stereocenters. The van der Waals surface area contributed by atoms with E-state index in [4.69, 9.17) is 11.5 Å². The number of carbonyl (C=O) groups excluding carboxylic acids is 7.